The number of benzene rings is 2. The SMILES string of the molecule is CC(C)(C)c1cc(C=NC2CCCCC2N=Cc2cc(C(C)(C)C)cc(C(C)(C)C)c2O)c(O)c(C(C)(C)C)c1.CC1CO1.COCCO.COCCOC(=O)OCC(C)O.O=C(O)CO.O=C=O.[Co]. The van der Waals surface area contributed by atoms with E-state index in [1.807, 2.05) is 12.4 Å². The molecule has 4 unspecified atom stereocenters. The number of phenolic OH excluding ortho intramolecular Hbond substituents is 2. The number of epoxide rings is 1. The van der Waals surface area contributed by atoms with Gasteiger partial charge in [0.2, 0.25) is 0 Å². The standard InChI is InChI=1S/C36H54N2O2.C7H14O5.C3H8O2.C3H6O.C2H4O3.CO2.Co/c1-33(2,3)25-17-23(31(39)27(19-25)35(7,8)9)21-37-29-15-13-14-16-30(29)38-22-24-18-26(34(4,5)6)20-28(32(24)40)36(10,11)12;1-6(8)5-12-7(9)11-4-3-10-2;1-5-3-2-4;1-3-2-4-3;3-1-2(4)5;2-1-3;/h17-22,29-30,39-40H,13-16H2,1-12H3;6,8H,3-5H2,1-2H3;4H,2-3H2,1H3;3H,2H2,1H3;3H,1H2,(H,4,5);;. The maximum absolute atomic E-state index is 11.2. The summed E-state index contributed by atoms with van der Waals surface area (Å²) in [4.78, 5) is 46.0. The molecule has 2 aromatic carbocycles. The average molecular weight is 1040 g/mol. The topological polar surface area (TPSA) is 264 Å². The van der Waals surface area contributed by atoms with E-state index in [9.17, 15) is 15.0 Å². The number of phenols is 2. The fourth-order valence-electron chi connectivity index (χ4n) is 5.94. The number of carboxylic acids is 1. The zero-order valence-electron chi connectivity index (χ0n) is 44.6. The third-order valence-electron chi connectivity index (χ3n) is 10.0. The zero-order valence-corrected chi connectivity index (χ0v) is 45.7. The Bertz CT molecular complexity index is 1780. The summed E-state index contributed by atoms with van der Waals surface area (Å²) in [5.41, 5.74) is 5.39. The second-order valence-corrected chi connectivity index (χ2v) is 20.6. The van der Waals surface area contributed by atoms with Gasteiger partial charge in [-0.1, -0.05) is 108 Å². The van der Waals surface area contributed by atoms with Crippen molar-refractivity contribution >= 4 is 30.7 Å². The molecular formula is C52H86CoN2O15. The van der Waals surface area contributed by atoms with Gasteiger partial charge in [0, 0.05) is 65.7 Å². The van der Waals surface area contributed by atoms with Gasteiger partial charge in [0.1, 0.15) is 31.3 Å². The van der Waals surface area contributed by atoms with Crippen LogP contribution in [0.5, 0.6) is 11.5 Å². The maximum atomic E-state index is 11.2. The number of aliphatic carboxylic acids is 1. The number of carbonyl (C=O) groups excluding carboxylic acids is 3. The van der Waals surface area contributed by atoms with Gasteiger partial charge in [0.05, 0.1) is 50.7 Å². The van der Waals surface area contributed by atoms with Crippen LogP contribution in [-0.2, 0) is 76.5 Å². The van der Waals surface area contributed by atoms with E-state index < -0.39 is 24.8 Å². The minimum Gasteiger partial charge on any atom is -0.507 e. The molecule has 2 fully saturated rings. The van der Waals surface area contributed by atoms with Crippen molar-refractivity contribution in [1.29, 1.82) is 0 Å². The molecule has 17 nitrogen and oxygen atoms in total. The quantitative estimate of drug-likeness (QED) is 0.0512. The number of methoxy groups -OCH3 is 2. The van der Waals surface area contributed by atoms with Gasteiger partial charge in [0.15, 0.2) is 0 Å². The number of carboxylic acid groups (broad SMARTS) is 1. The molecule has 403 valence electrons. The summed E-state index contributed by atoms with van der Waals surface area (Å²) in [5.74, 6) is -0.553. The summed E-state index contributed by atoms with van der Waals surface area (Å²) >= 11 is 0. The fraction of sp³-hybridized carbons (Fsp3) is 0.673. The predicted octanol–water partition coefficient (Wildman–Crippen LogP) is 7.81. The van der Waals surface area contributed by atoms with Crippen LogP contribution in [0.1, 0.15) is 156 Å². The molecule has 0 spiro atoms. The molecule has 0 aromatic heterocycles. The molecular weight excluding hydrogens is 952 g/mol. The third-order valence-corrected chi connectivity index (χ3v) is 10.0. The van der Waals surface area contributed by atoms with Crippen LogP contribution in [0, 0.1) is 0 Å². The largest absolute Gasteiger partial charge is 0.508 e. The number of hydrogen-bond donors (Lipinski definition) is 6. The Labute approximate surface area is 427 Å². The summed E-state index contributed by atoms with van der Waals surface area (Å²) in [6.07, 6.45) is 7.29. The molecule has 70 heavy (non-hydrogen) atoms. The van der Waals surface area contributed by atoms with Crippen LogP contribution in [0.3, 0.4) is 0 Å². The van der Waals surface area contributed by atoms with Crippen molar-refractivity contribution in [2.75, 3.05) is 60.5 Å². The smallest absolute Gasteiger partial charge is 0.507 e. The average Bonchev–Trinajstić information content (AvgIpc) is 4.04. The van der Waals surface area contributed by atoms with Crippen LogP contribution in [0.2, 0.25) is 0 Å². The Morgan fingerprint density at radius 3 is 1.33 bits per heavy atom. The summed E-state index contributed by atoms with van der Waals surface area (Å²) < 4.78 is 22.8. The van der Waals surface area contributed by atoms with Crippen LogP contribution in [-0.4, -0.2) is 146 Å². The Hall–Kier alpha value is -4.23. The van der Waals surface area contributed by atoms with E-state index in [1.165, 1.54) is 25.2 Å². The molecule has 4 rings (SSSR count). The fourth-order valence-corrected chi connectivity index (χ4v) is 5.94. The van der Waals surface area contributed by atoms with Gasteiger partial charge in [-0.05, 0) is 71.6 Å². The molecule has 0 amide bonds. The molecule has 1 radical (unpaired) electrons. The number of ether oxygens (including phenoxy) is 5. The molecule has 4 atom stereocenters. The van der Waals surface area contributed by atoms with Crippen LogP contribution >= 0.6 is 0 Å². The Balaban J connectivity index is -0.00000121. The Kier molecular flexibility index (Phi) is 35.0. The third kappa shape index (κ3) is 31.2. The van der Waals surface area contributed by atoms with Crippen molar-refractivity contribution in [1.82, 2.24) is 0 Å². The molecule has 18 heteroatoms. The van der Waals surface area contributed by atoms with E-state index in [2.05, 4.69) is 133 Å². The minimum absolute atomic E-state index is 0. The van der Waals surface area contributed by atoms with Gasteiger partial charge in [-0.2, -0.15) is 9.59 Å². The van der Waals surface area contributed by atoms with E-state index in [0.717, 1.165) is 54.5 Å². The molecule has 2 aliphatic rings. The zero-order chi connectivity index (χ0) is 53.8. The number of aliphatic imine (C=N–C) groups is 2. The Morgan fingerprint density at radius 1 is 0.729 bits per heavy atom. The molecule has 6 N–H and O–H groups in total. The van der Waals surface area contributed by atoms with E-state index >= 15 is 0 Å². The number of aliphatic hydroxyl groups is 3. The van der Waals surface area contributed by atoms with Gasteiger partial charge in [-0.3, -0.25) is 9.98 Å². The van der Waals surface area contributed by atoms with Gasteiger partial charge in [-0.15, -0.1) is 0 Å². The van der Waals surface area contributed by atoms with Gasteiger partial charge < -0.3 is 54.3 Å². The van der Waals surface area contributed by atoms with Crippen LogP contribution in [0.25, 0.3) is 0 Å². The molecule has 2 aromatic rings. The van der Waals surface area contributed by atoms with E-state index in [-0.39, 0.29) is 76.5 Å². The first-order valence-electron chi connectivity index (χ1n) is 23.2. The summed E-state index contributed by atoms with van der Waals surface area (Å²) in [5, 5.41) is 54.1. The molecule has 0 bridgehead atoms. The first-order valence-corrected chi connectivity index (χ1v) is 23.2. The number of rotatable bonds is 12. The van der Waals surface area contributed by atoms with Gasteiger partial charge >= 0.3 is 18.3 Å². The van der Waals surface area contributed by atoms with Crippen molar-refractivity contribution in [3.63, 3.8) is 0 Å². The summed E-state index contributed by atoms with van der Waals surface area (Å²) in [6.45, 7) is 30.8. The molecule has 1 heterocycles. The molecule has 1 saturated heterocycles. The minimum atomic E-state index is -1.19. The van der Waals surface area contributed by atoms with Crippen molar-refractivity contribution in [2.24, 2.45) is 9.98 Å². The number of aliphatic hydroxyl groups excluding tert-OH is 3. The summed E-state index contributed by atoms with van der Waals surface area (Å²) in [6, 6.07) is 8.53. The van der Waals surface area contributed by atoms with Crippen molar-refractivity contribution in [3.8, 4) is 11.5 Å². The van der Waals surface area contributed by atoms with Crippen molar-refractivity contribution in [2.45, 2.75) is 169 Å². The second-order valence-electron chi connectivity index (χ2n) is 20.6. The number of carbonyl (C=O) groups is 2. The van der Waals surface area contributed by atoms with E-state index in [0.29, 0.717) is 30.8 Å². The van der Waals surface area contributed by atoms with Gasteiger partial charge in [0.25, 0.3) is 0 Å². The molecule has 1 saturated carbocycles. The van der Waals surface area contributed by atoms with Crippen LogP contribution in [0.4, 0.5) is 4.79 Å². The molecule has 1 aliphatic carbocycles. The molecule has 1 aliphatic heterocycles. The normalized spacial score (nSPS) is 16.8. The second kappa shape index (κ2) is 35.0. The number of aromatic hydroxyl groups is 2. The van der Waals surface area contributed by atoms with E-state index in [1.54, 1.807) is 7.11 Å². The van der Waals surface area contributed by atoms with E-state index in [4.69, 9.17) is 49.5 Å². The Morgan fingerprint density at radius 2 is 1.09 bits per heavy atom. The summed E-state index contributed by atoms with van der Waals surface area (Å²) in [7, 11) is 3.06. The van der Waals surface area contributed by atoms with Gasteiger partial charge in [-0.25, -0.2) is 9.59 Å². The monoisotopic (exact) mass is 1040 g/mol. The van der Waals surface area contributed by atoms with Crippen molar-refractivity contribution < 1.29 is 90.3 Å². The first-order chi connectivity index (χ1) is 31.8. The van der Waals surface area contributed by atoms with Crippen LogP contribution < -0.4 is 0 Å². The first kappa shape index (κ1) is 70.0. The van der Waals surface area contributed by atoms with Crippen LogP contribution in [0.15, 0.2) is 34.3 Å². The number of nitrogens with zero attached hydrogens (tertiary/aromatic N) is 2. The number of hydrogen-bond acceptors (Lipinski definition) is 16. The maximum Gasteiger partial charge on any atom is 0.508 e. The van der Waals surface area contributed by atoms with Crippen molar-refractivity contribution in [3.05, 3.63) is 57.6 Å². The predicted molar refractivity (Wildman–Crippen MR) is 267 cm³/mol.